The lowest BCUT2D eigenvalue weighted by Gasteiger charge is -2.36. The van der Waals surface area contributed by atoms with Crippen LogP contribution in [0.1, 0.15) is 26.2 Å². The van der Waals surface area contributed by atoms with Crippen molar-refractivity contribution in [2.24, 2.45) is 5.73 Å². The minimum Gasteiger partial charge on any atom is -0.468 e. The second-order valence-corrected chi connectivity index (χ2v) is 3.99. The molecule has 1 saturated heterocycles. The number of piperidine rings is 1. The Morgan fingerprint density at radius 1 is 1.50 bits per heavy atom. The molecular formula is C10H20N2O2. The normalized spacial score (nSPS) is 21.9. The zero-order valence-corrected chi connectivity index (χ0v) is 9.08. The van der Waals surface area contributed by atoms with Crippen molar-refractivity contribution < 1.29 is 9.53 Å². The highest BCUT2D eigenvalue weighted by Crippen LogP contribution is 2.20. The maximum atomic E-state index is 11.4. The van der Waals surface area contributed by atoms with Crippen LogP contribution in [0.15, 0.2) is 0 Å². The van der Waals surface area contributed by atoms with Gasteiger partial charge in [0.2, 0.25) is 0 Å². The average molecular weight is 200 g/mol. The summed E-state index contributed by atoms with van der Waals surface area (Å²) in [5.41, 5.74) is 5.23. The molecule has 82 valence electrons. The molecule has 0 amide bonds. The van der Waals surface area contributed by atoms with Gasteiger partial charge in [-0.05, 0) is 25.8 Å². The number of carbonyl (C=O) groups is 1. The van der Waals surface area contributed by atoms with Gasteiger partial charge in [-0.3, -0.25) is 4.79 Å². The van der Waals surface area contributed by atoms with E-state index in [9.17, 15) is 4.79 Å². The third kappa shape index (κ3) is 2.45. The maximum Gasteiger partial charge on any atom is 0.325 e. The molecule has 1 heterocycles. The van der Waals surface area contributed by atoms with Crippen LogP contribution in [0.5, 0.6) is 0 Å². The highest BCUT2D eigenvalue weighted by atomic mass is 16.5. The van der Waals surface area contributed by atoms with Gasteiger partial charge in [0.05, 0.1) is 7.11 Å². The Morgan fingerprint density at radius 3 is 2.50 bits per heavy atom. The van der Waals surface area contributed by atoms with Crippen LogP contribution in [0, 0.1) is 0 Å². The van der Waals surface area contributed by atoms with Crippen LogP contribution in [0.3, 0.4) is 0 Å². The fraction of sp³-hybridized carbons (Fsp3) is 0.900. The van der Waals surface area contributed by atoms with Crippen LogP contribution < -0.4 is 5.73 Å². The van der Waals surface area contributed by atoms with Crippen molar-refractivity contribution in [1.29, 1.82) is 0 Å². The van der Waals surface area contributed by atoms with Crippen LogP contribution in [-0.4, -0.2) is 43.2 Å². The molecule has 0 aromatic heterocycles. The third-order valence-corrected chi connectivity index (χ3v) is 2.88. The fourth-order valence-corrected chi connectivity index (χ4v) is 1.90. The molecule has 2 N–H and O–H groups in total. The number of hydrogen-bond acceptors (Lipinski definition) is 4. The van der Waals surface area contributed by atoms with Gasteiger partial charge in [0.1, 0.15) is 5.54 Å². The van der Waals surface area contributed by atoms with Crippen LogP contribution >= 0.6 is 0 Å². The summed E-state index contributed by atoms with van der Waals surface area (Å²) in [4.78, 5) is 13.7. The van der Waals surface area contributed by atoms with Crippen LogP contribution in [-0.2, 0) is 9.53 Å². The fourth-order valence-electron chi connectivity index (χ4n) is 1.90. The van der Waals surface area contributed by atoms with E-state index in [1.807, 2.05) is 0 Å². The number of rotatable bonds is 3. The van der Waals surface area contributed by atoms with Crippen molar-refractivity contribution in [2.45, 2.75) is 31.7 Å². The monoisotopic (exact) mass is 200 g/mol. The number of methoxy groups -OCH3 is 1. The predicted molar refractivity (Wildman–Crippen MR) is 54.9 cm³/mol. The lowest BCUT2D eigenvalue weighted by molar-refractivity contribution is -0.149. The molecule has 0 aromatic rings. The molecular weight excluding hydrogens is 180 g/mol. The molecule has 1 aliphatic rings. The molecule has 0 bridgehead atoms. The van der Waals surface area contributed by atoms with E-state index in [1.54, 1.807) is 0 Å². The molecule has 0 unspecified atom stereocenters. The summed E-state index contributed by atoms with van der Waals surface area (Å²) < 4.78 is 4.71. The van der Waals surface area contributed by atoms with E-state index in [1.165, 1.54) is 7.11 Å². The first kappa shape index (κ1) is 11.5. The minimum atomic E-state index is -0.737. The minimum absolute atomic E-state index is 0.270. The summed E-state index contributed by atoms with van der Waals surface area (Å²) in [6, 6.07) is 0. The number of ether oxygens (including phenoxy) is 1. The molecule has 0 aromatic carbocycles. The SMILES string of the molecule is CCCN1CCC(N)(C(=O)OC)CC1. The molecule has 0 aliphatic carbocycles. The smallest absolute Gasteiger partial charge is 0.325 e. The molecule has 4 nitrogen and oxygen atoms in total. The first-order chi connectivity index (χ1) is 6.62. The largest absolute Gasteiger partial charge is 0.468 e. The number of hydrogen-bond donors (Lipinski definition) is 1. The number of likely N-dealkylation sites (tertiary alicyclic amines) is 1. The quantitative estimate of drug-likeness (QED) is 0.668. The predicted octanol–water partition coefficient (Wildman–Crippen LogP) is 0.363. The van der Waals surface area contributed by atoms with E-state index in [0.717, 1.165) is 26.1 Å². The number of nitrogens with zero attached hydrogens (tertiary/aromatic N) is 1. The lowest BCUT2D eigenvalue weighted by atomic mass is 9.89. The van der Waals surface area contributed by atoms with Gasteiger partial charge in [-0.2, -0.15) is 0 Å². The summed E-state index contributed by atoms with van der Waals surface area (Å²) >= 11 is 0. The van der Waals surface area contributed by atoms with E-state index in [2.05, 4.69) is 11.8 Å². The first-order valence-electron chi connectivity index (χ1n) is 5.22. The number of carbonyl (C=O) groups excluding carboxylic acids is 1. The van der Waals surface area contributed by atoms with Gasteiger partial charge >= 0.3 is 5.97 Å². The Kier molecular flexibility index (Phi) is 3.89. The maximum absolute atomic E-state index is 11.4. The second kappa shape index (κ2) is 4.75. The molecule has 1 aliphatic heterocycles. The molecule has 0 atom stereocenters. The lowest BCUT2D eigenvalue weighted by Crippen LogP contribution is -2.56. The summed E-state index contributed by atoms with van der Waals surface area (Å²) in [6.07, 6.45) is 2.56. The molecule has 0 radical (unpaired) electrons. The van der Waals surface area contributed by atoms with Crippen molar-refractivity contribution in [1.82, 2.24) is 4.90 Å². The Morgan fingerprint density at radius 2 is 2.07 bits per heavy atom. The van der Waals surface area contributed by atoms with Crippen molar-refractivity contribution >= 4 is 5.97 Å². The Balaban J connectivity index is 2.44. The van der Waals surface area contributed by atoms with Gasteiger partial charge in [0.15, 0.2) is 0 Å². The van der Waals surface area contributed by atoms with Gasteiger partial charge in [-0.15, -0.1) is 0 Å². The van der Waals surface area contributed by atoms with E-state index in [0.29, 0.717) is 12.8 Å². The van der Waals surface area contributed by atoms with Gasteiger partial charge in [0.25, 0.3) is 0 Å². The number of esters is 1. The van der Waals surface area contributed by atoms with Crippen LogP contribution in [0.4, 0.5) is 0 Å². The van der Waals surface area contributed by atoms with E-state index < -0.39 is 5.54 Å². The number of nitrogens with two attached hydrogens (primary N) is 1. The zero-order chi connectivity index (χ0) is 10.6. The summed E-state index contributed by atoms with van der Waals surface area (Å²) in [5, 5.41) is 0. The van der Waals surface area contributed by atoms with Gasteiger partial charge in [-0.1, -0.05) is 6.92 Å². The molecule has 14 heavy (non-hydrogen) atoms. The van der Waals surface area contributed by atoms with Crippen molar-refractivity contribution in [2.75, 3.05) is 26.7 Å². The van der Waals surface area contributed by atoms with Gasteiger partial charge < -0.3 is 15.4 Å². The van der Waals surface area contributed by atoms with Crippen molar-refractivity contribution in [3.8, 4) is 0 Å². The first-order valence-corrected chi connectivity index (χ1v) is 5.22. The topological polar surface area (TPSA) is 55.6 Å². The Labute approximate surface area is 85.4 Å². The van der Waals surface area contributed by atoms with E-state index in [-0.39, 0.29) is 5.97 Å². The molecule has 0 saturated carbocycles. The summed E-state index contributed by atoms with van der Waals surface area (Å²) in [6.45, 7) is 5.06. The molecule has 4 heteroatoms. The van der Waals surface area contributed by atoms with Gasteiger partial charge in [-0.25, -0.2) is 0 Å². The average Bonchev–Trinajstić information content (AvgIpc) is 2.21. The van der Waals surface area contributed by atoms with Crippen LogP contribution in [0.25, 0.3) is 0 Å². The van der Waals surface area contributed by atoms with E-state index in [4.69, 9.17) is 10.5 Å². The summed E-state index contributed by atoms with van der Waals surface area (Å²) in [5.74, 6) is -0.270. The molecule has 1 fully saturated rings. The Bertz CT molecular complexity index is 198. The molecule has 1 rings (SSSR count). The van der Waals surface area contributed by atoms with Crippen molar-refractivity contribution in [3.63, 3.8) is 0 Å². The highest BCUT2D eigenvalue weighted by Gasteiger charge is 2.38. The Hall–Kier alpha value is -0.610. The third-order valence-electron chi connectivity index (χ3n) is 2.88. The van der Waals surface area contributed by atoms with Crippen LogP contribution in [0.2, 0.25) is 0 Å². The molecule has 0 spiro atoms. The summed E-state index contributed by atoms with van der Waals surface area (Å²) in [7, 11) is 1.40. The second-order valence-electron chi connectivity index (χ2n) is 3.99. The van der Waals surface area contributed by atoms with Crippen molar-refractivity contribution in [3.05, 3.63) is 0 Å². The zero-order valence-electron chi connectivity index (χ0n) is 9.08. The van der Waals surface area contributed by atoms with E-state index >= 15 is 0 Å². The van der Waals surface area contributed by atoms with Gasteiger partial charge in [0, 0.05) is 13.1 Å². The highest BCUT2D eigenvalue weighted by molar-refractivity contribution is 5.80. The standard InChI is InChI=1S/C10H20N2O2/c1-3-6-12-7-4-10(11,5-8-12)9(13)14-2/h3-8,11H2,1-2H3.